The van der Waals surface area contributed by atoms with Gasteiger partial charge in [-0.2, -0.15) is 0 Å². The Hall–Kier alpha value is -0.530. The zero-order chi connectivity index (χ0) is 11.7. The predicted molar refractivity (Wildman–Crippen MR) is 63.7 cm³/mol. The van der Waals surface area contributed by atoms with E-state index in [1.54, 1.807) is 0 Å². The first-order chi connectivity index (χ1) is 7.06. The highest BCUT2D eigenvalue weighted by atomic mass is 16.5. The number of hydrogen-bond donors (Lipinski definition) is 0. The van der Waals surface area contributed by atoms with E-state index in [4.69, 9.17) is 0 Å². The summed E-state index contributed by atoms with van der Waals surface area (Å²) in [6.45, 7) is 6.81. The molecule has 0 radical (unpaired) electrons. The largest absolute Gasteiger partial charge is 0.469 e. The van der Waals surface area contributed by atoms with Crippen molar-refractivity contribution in [1.29, 1.82) is 0 Å². The van der Waals surface area contributed by atoms with Gasteiger partial charge in [0, 0.05) is 6.42 Å². The summed E-state index contributed by atoms with van der Waals surface area (Å²) in [5.41, 5.74) is 0. The van der Waals surface area contributed by atoms with E-state index in [2.05, 4.69) is 25.5 Å². The Morgan fingerprint density at radius 2 is 1.67 bits per heavy atom. The molecule has 0 N–H and O–H groups in total. The molecule has 15 heavy (non-hydrogen) atoms. The number of methoxy groups -OCH3 is 1. The average molecular weight is 214 g/mol. The highest BCUT2D eigenvalue weighted by molar-refractivity contribution is 5.68. The number of rotatable bonds is 8. The highest BCUT2D eigenvalue weighted by Gasteiger charge is 2.05. The van der Waals surface area contributed by atoms with Crippen molar-refractivity contribution in [2.45, 2.75) is 59.3 Å². The monoisotopic (exact) mass is 214 g/mol. The number of carbonyl (C=O) groups excluding carboxylic acids is 1. The SMILES string of the molecule is COC(=O)CCCC(C)CCCC(C)C. The van der Waals surface area contributed by atoms with Gasteiger partial charge in [0.25, 0.3) is 0 Å². The van der Waals surface area contributed by atoms with Crippen LogP contribution < -0.4 is 0 Å². The summed E-state index contributed by atoms with van der Waals surface area (Å²) in [7, 11) is 1.45. The summed E-state index contributed by atoms with van der Waals surface area (Å²) in [6, 6.07) is 0. The lowest BCUT2D eigenvalue weighted by Crippen LogP contribution is -2.02. The van der Waals surface area contributed by atoms with Crippen LogP contribution in [0, 0.1) is 11.8 Å². The van der Waals surface area contributed by atoms with Crippen LogP contribution in [0.25, 0.3) is 0 Å². The molecule has 0 aliphatic rings. The Morgan fingerprint density at radius 1 is 1.07 bits per heavy atom. The summed E-state index contributed by atoms with van der Waals surface area (Å²) in [5.74, 6) is 1.48. The van der Waals surface area contributed by atoms with E-state index < -0.39 is 0 Å². The molecule has 0 amide bonds. The molecule has 0 heterocycles. The minimum atomic E-state index is -0.0793. The Labute approximate surface area is 94.4 Å². The molecule has 0 aromatic rings. The Bertz CT molecular complexity index is 164. The number of ether oxygens (including phenoxy) is 1. The quantitative estimate of drug-likeness (QED) is 0.575. The second-order valence-corrected chi connectivity index (χ2v) is 4.90. The highest BCUT2D eigenvalue weighted by Crippen LogP contribution is 2.17. The van der Waals surface area contributed by atoms with Crippen molar-refractivity contribution in [3.63, 3.8) is 0 Å². The van der Waals surface area contributed by atoms with Crippen LogP contribution in [-0.2, 0) is 9.53 Å². The van der Waals surface area contributed by atoms with Crippen LogP contribution in [0.1, 0.15) is 59.3 Å². The zero-order valence-electron chi connectivity index (χ0n) is 10.7. The van der Waals surface area contributed by atoms with E-state index in [1.165, 1.54) is 26.4 Å². The fraction of sp³-hybridized carbons (Fsp3) is 0.923. The van der Waals surface area contributed by atoms with E-state index in [0.717, 1.165) is 24.7 Å². The second kappa shape index (κ2) is 8.75. The Balaban J connectivity index is 3.33. The second-order valence-electron chi connectivity index (χ2n) is 4.90. The maximum atomic E-state index is 10.9. The van der Waals surface area contributed by atoms with Gasteiger partial charge in [0.05, 0.1) is 7.11 Å². The van der Waals surface area contributed by atoms with Gasteiger partial charge in [-0.3, -0.25) is 4.79 Å². The van der Waals surface area contributed by atoms with E-state index in [9.17, 15) is 4.79 Å². The smallest absolute Gasteiger partial charge is 0.305 e. The molecule has 2 nitrogen and oxygen atoms in total. The molecular weight excluding hydrogens is 188 g/mol. The third-order valence-electron chi connectivity index (χ3n) is 2.78. The van der Waals surface area contributed by atoms with Crippen LogP contribution in [-0.4, -0.2) is 13.1 Å². The van der Waals surface area contributed by atoms with Crippen LogP contribution in [0.3, 0.4) is 0 Å². The number of carbonyl (C=O) groups is 1. The number of hydrogen-bond acceptors (Lipinski definition) is 2. The Morgan fingerprint density at radius 3 is 2.20 bits per heavy atom. The van der Waals surface area contributed by atoms with Crippen molar-refractivity contribution in [1.82, 2.24) is 0 Å². The minimum Gasteiger partial charge on any atom is -0.469 e. The van der Waals surface area contributed by atoms with Gasteiger partial charge in [0.2, 0.25) is 0 Å². The number of esters is 1. The summed E-state index contributed by atoms with van der Waals surface area (Å²) in [6.07, 6.45) is 6.62. The molecule has 0 bridgehead atoms. The van der Waals surface area contributed by atoms with Crippen LogP contribution in [0.2, 0.25) is 0 Å². The van der Waals surface area contributed by atoms with Gasteiger partial charge >= 0.3 is 5.97 Å². The van der Waals surface area contributed by atoms with Crippen molar-refractivity contribution >= 4 is 5.97 Å². The molecule has 0 fully saturated rings. The maximum Gasteiger partial charge on any atom is 0.305 e. The molecule has 0 aliphatic heterocycles. The van der Waals surface area contributed by atoms with Gasteiger partial charge in [-0.15, -0.1) is 0 Å². The topological polar surface area (TPSA) is 26.3 Å². The summed E-state index contributed by atoms with van der Waals surface area (Å²) in [5, 5.41) is 0. The Kier molecular flexibility index (Phi) is 8.44. The third kappa shape index (κ3) is 9.77. The van der Waals surface area contributed by atoms with Crippen LogP contribution >= 0.6 is 0 Å². The van der Waals surface area contributed by atoms with Crippen LogP contribution in [0.5, 0.6) is 0 Å². The van der Waals surface area contributed by atoms with Crippen molar-refractivity contribution in [2.75, 3.05) is 7.11 Å². The normalized spacial score (nSPS) is 12.9. The minimum absolute atomic E-state index is 0.0793. The summed E-state index contributed by atoms with van der Waals surface area (Å²) in [4.78, 5) is 10.9. The summed E-state index contributed by atoms with van der Waals surface area (Å²) >= 11 is 0. The van der Waals surface area contributed by atoms with Crippen LogP contribution in [0.15, 0.2) is 0 Å². The third-order valence-corrected chi connectivity index (χ3v) is 2.78. The van der Waals surface area contributed by atoms with E-state index in [0.29, 0.717) is 6.42 Å². The van der Waals surface area contributed by atoms with Gasteiger partial charge in [-0.25, -0.2) is 0 Å². The predicted octanol–water partition coefficient (Wildman–Crippen LogP) is 3.79. The van der Waals surface area contributed by atoms with E-state index in [1.807, 2.05) is 0 Å². The molecule has 2 heteroatoms. The molecule has 0 aliphatic carbocycles. The van der Waals surface area contributed by atoms with Gasteiger partial charge in [0.1, 0.15) is 0 Å². The maximum absolute atomic E-state index is 10.9. The van der Waals surface area contributed by atoms with E-state index in [-0.39, 0.29) is 5.97 Å². The lowest BCUT2D eigenvalue weighted by molar-refractivity contribution is -0.140. The van der Waals surface area contributed by atoms with Crippen LogP contribution in [0.4, 0.5) is 0 Å². The lowest BCUT2D eigenvalue weighted by atomic mass is 9.95. The molecule has 0 aromatic carbocycles. The van der Waals surface area contributed by atoms with Crippen molar-refractivity contribution in [3.8, 4) is 0 Å². The molecule has 0 saturated heterocycles. The van der Waals surface area contributed by atoms with Gasteiger partial charge in [-0.1, -0.05) is 46.5 Å². The standard InChI is InChI=1S/C13H26O2/c1-11(2)7-5-8-12(3)9-6-10-13(14)15-4/h11-12H,5-10H2,1-4H3. The molecule has 1 atom stereocenters. The molecule has 0 aromatic heterocycles. The average Bonchev–Trinajstić information content (AvgIpc) is 2.17. The molecular formula is C13H26O2. The van der Waals surface area contributed by atoms with E-state index >= 15 is 0 Å². The molecule has 0 saturated carbocycles. The van der Waals surface area contributed by atoms with Crippen molar-refractivity contribution < 1.29 is 9.53 Å². The molecule has 1 unspecified atom stereocenters. The molecule has 0 spiro atoms. The molecule has 90 valence electrons. The summed E-state index contributed by atoms with van der Waals surface area (Å²) < 4.78 is 4.61. The van der Waals surface area contributed by atoms with Gasteiger partial charge < -0.3 is 4.74 Å². The van der Waals surface area contributed by atoms with Crippen molar-refractivity contribution in [3.05, 3.63) is 0 Å². The molecule has 0 rings (SSSR count). The van der Waals surface area contributed by atoms with Gasteiger partial charge in [-0.05, 0) is 18.3 Å². The lowest BCUT2D eigenvalue weighted by Gasteiger charge is -2.11. The zero-order valence-corrected chi connectivity index (χ0v) is 10.7. The fourth-order valence-corrected chi connectivity index (χ4v) is 1.72. The first-order valence-corrected chi connectivity index (χ1v) is 6.13. The van der Waals surface area contributed by atoms with Gasteiger partial charge in [0.15, 0.2) is 0 Å². The fourth-order valence-electron chi connectivity index (χ4n) is 1.72. The first kappa shape index (κ1) is 14.5. The van der Waals surface area contributed by atoms with Crippen molar-refractivity contribution in [2.24, 2.45) is 11.8 Å². The first-order valence-electron chi connectivity index (χ1n) is 6.13.